The van der Waals surface area contributed by atoms with E-state index in [9.17, 15) is 8.42 Å². The van der Waals surface area contributed by atoms with Gasteiger partial charge in [0.25, 0.3) is 0 Å². The summed E-state index contributed by atoms with van der Waals surface area (Å²) in [5.74, 6) is 0.623. The number of benzene rings is 1. The van der Waals surface area contributed by atoms with Crippen molar-refractivity contribution < 1.29 is 8.42 Å². The third-order valence-corrected chi connectivity index (χ3v) is 3.91. The molecule has 0 saturated carbocycles. The minimum atomic E-state index is -3.20. The Morgan fingerprint density at radius 2 is 2.24 bits per heavy atom. The molecule has 0 aliphatic rings. The van der Waals surface area contributed by atoms with Crippen LogP contribution in [0, 0.1) is 0 Å². The van der Waals surface area contributed by atoms with Gasteiger partial charge >= 0.3 is 0 Å². The monoisotopic (exact) mass is 273 g/mol. The predicted molar refractivity (Wildman–Crippen MR) is 67.4 cm³/mol. The number of imidazole rings is 1. The van der Waals surface area contributed by atoms with Crippen molar-refractivity contribution in [2.75, 3.05) is 5.75 Å². The maximum atomic E-state index is 11.3. The molecule has 1 aromatic heterocycles. The summed E-state index contributed by atoms with van der Waals surface area (Å²) < 4.78 is 25.0. The Labute approximate surface area is 104 Å². The van der Waals surface area contributed by atoms with E-state index < -0.39 is 10.0 Å². The summed E-state index contributed by atoms with van der Waals surface area (Å²) in [5, 5.41) is 0.613. The number of aromatic nitrogens is 2. The van der Waals surface area contributed by atoms with E-state index >= 15 is 0 Å². The van der Waals surface area contributed by atoms with Gasteiger partial charge in [-0.15, -0.1) is 0 Å². The van der Waals surface area contributed by atoms with Gasteiger partial charge in [0.15, 0.2) is 0 Å². The molecule has 0 aliphatic carbocycles. The smallest absolute Gasteiger partial charge is 0.211 e. The van der Waals surface area contributed by atoms with Gasteiger partial charge in [-0.1, -0.05) is 11.6 Å². The lowest BCUT2D eigenvalue weighted by atomic mass is 10.3. The first-order valence-corrected chi connectivity index (χ1v) is 7.14. The Morgan fingerprint density at radius 1 is 1.47 bits per heavy atom. The van der Waals surface area contributed by atoms with Gasteiger partial charge in [0.1, 0.15) is 5.82 Å². The zero-order chi connectivity index (χ0) is 12.5. The van der Waals surface area contributed by atoms with Gasteiger partial charge in [-0.25, -0.2) is 18.1 Å². The van der Waals surface area contributed by atoms with Crippen LogP contribution in [0.5, 0.6) is 0 Å². The molecule has 0 fully saturated rings. The Bertz CT molecular complexity index is 636. The van der Waals surface area contributed by atoms with E-state index in [4.69, 9.17) is 11.6 Å². The maximum Gasteiger partial charge on any atom is 0.211 e. The number of aromatic amines is 1. The molecule has 17 heavy (non-hydrogen) atoms. The quantitative estimate of drug-likeness (QED) is 0.890. The van der Waals surface area contributed by atoms with Crippen molar-refractivity contribution in [2.45, 2.75) is 13.5 Å². The number of rotatable bonds is 4. The van der Waals surface area contributed by atoms with Gasteiger partial charge in [0.05, 0.1) is 23.3 Å². The molecule has 0 amide bonds. The summed E-state index contributed by atoms with van der Waals surface area (Å²) >= 11 is 5.84. The van der Waals surface area contributed by atoms with Gasteiger partial charge in [-0.2, -0.15) is 0 Å². The van der Waals surface area contributed by atoms with Crippen molar-refractivity contribution >= 4 is 32.7 Å². The normalized spacial score (nSPS) is 12.1. The van der Waals surface area contributed by atoms with Gasteiger partial charge in [-0.05, 0) is 25.1 Å². The van der Waals surface area contributed by atoms with E-state index in [0.29, 0.717) is 10.8 Å². The summed E-state index contributed by atoms with van der Waals surface area (Å²) in [6, 6.07) is 5.28. The highest BCUT2D eigenvalue weighted by molar-refractivity contribution is 7.89. The minimum absolute atomic E-state index is 0.0546. The van der Waals surface area contributed by atoms with Crippen LogP contribution in [0.2, 0.25) is 5.02 Å². The fraction of sp³-hybridized carbons (Fsp3) is 0.300. The molecule has 7 heteroatoms. The van der Waals surface area contributed by atoms with Crippen LogP contribution in [0.15, 0.2) is 18.2 Å². The predicted octanol–water partition coefficient (Wildman–Crippen LogP) is 1.66. The zero-order valence-electron chi connectivity index (χ0n) is 9.20. The molecule has 0 unspecified atom stereocenters. The van der Waals surface area contributed by atoms with E-state index in [0.717, 1.165) is 11.0 Å². The lowest BCUT2D eigenvalue weighted by Crippen LogP contribution is -2.25. The fourth-order valence-corrected chi connectivity index (χ4v) is 2.13. The number of H-pyrrole nitrogens is 1. The summed E-state index contributed by atoms with van der Waals surface area (Å²) in [4.78, 5) is 7.26. The molecular formula is C10H12ClN3O2S. The first-order chi connectivity index (χ1) is 8.00. The molecule has 1 aromatic carbocycles. The molecule has 2 aromatic rings. The van der Waals surface area contributed by atoms with E-state index in [2.05, 4.69) is 14.7 Å². The second kappa shape index (κ2) is 4.64. The van der Waals surface area contributed by atoms with Crippen molar-refractivity contribution in [3.8, 4) is 0 Å². The highest BCUT2D eigenvalue weighted by atomic mass is 35.5. The Hall–Kier alpha value is -1.11. The number of nitrogens with zero attached hydrogens (tertiary/aromatic N) is 1. The van der Waals surface area contributed by atoms with E-state index in [1.807, 2.05) is 0 Å². The largest absolute Gasteiger partial charge is 0.341 e. The second-order valence-corrected chi connectivity index (χ2v) is 6.10. The van der Waals surface area contributed by atoms with E-state index in [-0.39, 0.29) is 12.3 Å². The van der Waals surface area contributed by atoms with Gasteiger partial charge in [0.2, 0.25) is 10.0 Å². The van der Waals surface area contributed by atoms with Crippen molar-refractivity contribution in [3.63, 3.8) is 0 Å². The Kier molecular flexibility index (Phi) is 3.37. The average molecular weight is 274 g/mol. The summed E-state index contributed by atoms with van der Waals surface area (Å²) in [6.07, 6.45) is 0. The Morgan fingerprint density at radius 3 is 2.94 bits per heavy atom. The first kappa shape index (κ1) is 12.3. The molecule has 2 N–H and O–H groups in total. The van der Waals surface area contributed by atoms with Crippen molar-refractivity contribution in [3.05, 3.63) is 29.0 Å². The third kappa shape index (κ3) is 2.96. The molecule has 2 rings (SSSR count). The third-order valence-electron chi connectivity index (χ3n) is 2.33. The molecule has 0 radical (unpaired) electrons. The van der Waals surface area contributed by atoms with Crippen LogP contribution in [0.4, 0.5) is 0 Å². The molecular weight excluding hydrogens is 262 g/mol. The SMILES string of the molecule is CCS(=O)(=O)NCc1nc2ccc(Cl)cc2[nH]1. The molecule has 92 valence electrons. The van der Waals surface area contributed by atoms with Gasteiger partial charge < -0.3 is 4.98 Å². The number of halogens is 1. The van der Waals surface area contributed by atoms with Crippen LogP contribution in [-0.2, 0) is 16.6 Å². The number of sulfonamides is 1. The highest BCUT2D eigenvalue weighted by Crippen LogP contribution is 2.17. The molecule has 0 atom stereocenters. The first-order valence-electron chi connectivity index (χ1n) is 5.11. The van der Waals surface area contributed by atoms with Gasteiger partial charge in [-0.3, -0.25) is 0 Å². The van der Waals surface area contributed by atoms with Crippen LogP contribution in [-0.4, -0.2) is 24.1 Å². The second-order valence-electron chi connectivity index (χ2n) is 3.57. The standard InChI is InChI=1S/C10H12ClN3O2S/c1-2-17(15,16)12-6-10-13-8-4-3-7(11)5-9(8)14-10/h3-5,12H,2,6H2,1H3,(H,13,14). The van der Waals surface area contributed by atoms with Crippen LogP contribution in [0.3, 0.4) is 0 Å². The van der Waals surface area contributed by atoms with Crippen LogP contribution in [0.1, 0.15) is 12.7 Å². The number of hydrogen-bond donors (Lipinski definition) is 2. The summed E-state index contributed by atoms with van der Waals surface area (Å²) in [7, 11) is -3.20. The molecule has 0 aliphatic heterocycles. The number of hydrogen-bond acceptors (Lipinski definition) is 3. The molecule has 1 heterocycles. The van der Waals surface area contributed by atoms with Crippen LogP contribution in [0.25, 0.3) is 11.0 Å². The van der Waals surface area contributed by atoms with Gasteiger partial charge in [0, 0.05) is 5.02 Å². The van der Waals surface area contributed by atoms with Crippen LogP contribution >= 0.6 is 11.6 Å². The van der Waals surface area contributed by atoms with E-state index in [1.54, 1.807) is 25.1 Å². The highest BCUT2D eigenvalue weighted by Gasteiger charge is 2.08. The van der Waals surface area contributed by atoms with E-state index in [1.165, 1.54) is 0 Å². The van der Waals surface area contributed by atoms with Crippen LogP contribution < -0.4 is 4.72 Å². The summed E-state index contributed by atoms with van der Waals surface area (Å²) in [5.41, 5.74) is 1.56. The number of fused-ring (bicyclic) bond motifs is 1. The zero-order valence-corrected chi connectivity index (χ0v) is 10.8. The fourth-order valence-electron chi connectivity index (χ4n) is 1.40. The minimum Gasteiger partial charge on any atom is -0.341 e. The molecule has 0 bridgehead atoms. The molecule has 0 spiro atoms. The molecule has 5 nitrogen and oxygen atoms in total. The van der Waals surface area contributed by atoms with Crippen molar-refractivity contribution in [2.24, 2.45) is 0 Å². The summed E-state index contributed by atoms with van der Waals surface area (Å²) in [6.45, 7) is 1.74. The Balaban J connectivity index is 2.20. The van der Waals surface area contributed by atoms with Crippen molar-refractivity contribution in [1.82, 2.24) is 14.7 Å². The lowest BCUT2D eigenvalue weighted by Gasteiger charge is -2.00. The number of nitrogens with one attached hydrogen (secondary N) is 2. The van der Waals surface area contributed by atoms with Crippen molar-refractivity contribution in [1.29, 1.82) is 0 Å². The topological polar surface area (TPSA) is 74.8 Å². The average Bonchev–Trinajstić information content (AvgIpc) is 2.68. The maximum absolute atomic E-state index is 11.3. The lowest BCUT2D eigenvalue weighted by molar-refractivity contribution is 0.581. The molecule has 0 saturated heterocycles.